The maximum absolute atomic E-state index is 12.4. The third kappa shape index (κ3) is 3.93. The largest absolute Gasteiger partial charge is 0.314 e. The Kier molecular flexibility index (Phi) is 5.45. The highest BCUT2D eigenvalue weighted by Gasteiger charge is 2.37. The predicted molar refractivity (Wildman–Crippen MR) is 82.3 cm³/mol. The van der Waals surface area contributed by atoms with Crippen LogP contribution in [0.5, 0.6) is 0 Å². The van der Waals surface area contributed by atoms with E-state index >= 15 is 0 Å². The molecular formula is C14H29N3O2S. The molecule has 0 radical (unpaired) electrons. The number of hydrogen-bond acceptors (Lipinski definition) is 4. The molecule has 2 heterocycles. The summed E-state index contributed by atoms with van der Waals surface area (Å²) in [7, 11) is -0.940. The normalized spacial score (nSPS) is 29.0. The van der Waals surface area contributed by atoms with Gasteiger partial charge in [-0.3, -0.25) is 4.90 Å². The smallest absolute Gasteiger partial charge is 0.214 e. The molecule has 2 saturated heterocycles. The van der Waals surface area contributed by atoms with E-state index in [2.05, 4.69) is 31.1 Å². The summed E-state index contributed by atoms with van der Waals surface area (Å²) in [4.78, 5) is 2.38. The summed E-state index contributed by atoms with van der Waals surface area (Å²) in [6.07, 6.45) is 4.05. The molecule has 0 aliphatic carbocycles. The summed E-state index contributed by atoms with van der Waals surface area (Å²) in [5.74, 6) is 0.272. The van der Waals surface area contributed by atoms with E-state index in [1.807, 2.05) is 0 Å². The molecule has 0 aromatic heterocycles. The molecule has 2 atom stereocenters. The van der Waals surface area contributed by atoms with Gasteiger partial charge in [0.15, 0.2) is 0 Å². The summed E-state index contributed by atoms with van der Waals surface area (Å²) < 4.78 is 26.6. The van der Waals surface area contributed by atoms with Crippen LogP contribution in [-0.4, -0.2) is 68.2 Å². The van der Waals surface area contributed by atoms with Crippen molar-refractivity contribution in [3.8, 4) is 0 Å². The Morgan fingerprint density at radius 3 is 2.60 bits per heavy atom. The van der Waals surface area contributed by atoms with Crippen molar-refractivity contribution in [3.05, 3.63) is 0 Å². The highest BCUT2D eigenvalue weighted by Crippen LogP contribution is 2.29. The highest BCUT2D eigenvalue weighted by atomic mass is 32.2. The van der Waals surface area contributed by atoms with E-state index in [4.69, 9.17) is 0 Å². The third-order valence-corrected chi connectivity index (χ3v) is 6.56. The number of hydrogen-bond donors (Lipinski definition) is 1. The zero-order valence-electron chi connectivity index (χ0n) is 13.0. The summed E-state index contributed by atoms with van der Waals surface area (Å²) in [5.41, 5.74) is 0. The third-order valence-electron chi connectivity index (χ3n) is 4.64. The van der Waals surface area contributed by atoms with E-state index in [-0.39, 0.29) is 5.75 Å². The highest BCUT2D eigenvalue weighted by molar-refractivity contribution is 7.89. The number of fused-ring (bicyclic) bond motifs is 2. The summed E-state index contributed by atoms with van der Waals surface area (Å²) in [6.45, 7) is 6.32. The molecule has 6 heteroatoms. The molecule has 2 aliphatic rings. The van der Waals surface area contributed by atoms with Gasteiger partial charge in [0.1, 0.15) is 0 Å². The van der Waals surface area contributed by atoms with Gasteiger partial charge in [-0.05, 0) is 39.3 Å². The molecule has 0 aromatic rings. The van der Waals surface area contributed by atoms with Crippen molar-refractivity contribution in [3.63, 3.8) is 0 Å². The van der Waals surface area contributed by atoms with Gasteiger partial charge >= 0.3 is 0 Å². The number of likely N-dealkylation sites (N-methyl/N-ethyl adjacent to an activating group) is 1. The zero-order valence-corrected chi connectivity index (χ0v) is 13.8. The first-order valence-electron chi connectivity index (χ1n) is 7.83. The van der Waals surface area contributed by atoms with Crippen LogP contribution in [0.2, 0.25) is 0 Å². The van der Waals surface area contributed by atoms with Crippen molar-refractivity contribution >= 4 is 10.0 Å². The quantitative estimate of drug-likeness (QED) is 0.740. The molecule has 2 unspecified atom stereocenters. The molecule has 0 saturated carbocycles. The first-order chi connectivity index (χ1) is 9.40. The predicted octanol–water partition coefficient (Wildman–Crippen LogP) is 0.873. The minimum Gasteiger partial charge on any atom is -0.314 e. The van der Waals surface area contributed by atoms with Crippen LogP contribution < -0.4 is 5.32 Å². The molecule has 2 bridgehead atoms. The molecule has 20 heavy (non-hydrogen) atoms. The molecule has 0 spiro atoms. The van der Waals surface area contributed by atoms with Gasteiger partial charge in [0.25, 0.3) is 0 Å². The van der Waals surface area contributed by atoms with E-state index in [1.165, 1.54) is 6.42 Å². The van der Waals surface area contributed by atoms with E-state index in [9.17, 15) is 8.42 Å². The van der Waals surface area contributed by atoms with Crippen LogP contribution in [0.15, 0.2) is 0 Å². The molecule has 1 N–H and O–H groups in total. The fourth-order valence-electron chi connectivity index (χ4n) is 3.30. The lowest BCUT2D eigenvalue weighted by atomic mass is 10.1. The van der Waals surface area contributed by atoms with Gasteiger partial charge < -0.3 is 5.32 Å². The van der Waals surface area contributed by atoms with Crippen molar-refractivity contribution in [1.29, 1.82) is 0 Å². The average Bonchev–Trinajstić information content (AvgIpc) is 2.58. The van der Waals surface area contributed by atoms with Crippen LogP contribution in [0.1, 0.15) is 39.5 Å². The second-order valence-corrected chi connectivity index (χ2v) is 8.56. The summed E-state index contributed by atoms with van der Waals surface area (Å²) >= 11 is 0. The van der Waals surface area contributed by atoms with Crippen molar-refractivity contribution in [2.45, 2.75) is 57.7 Å². The van der Waals surface area contributed by atoms with Crippen molar-refractivity contribution < 1.29 is 8.42 Å². The van der Waals surface area contributed by atoms with Crippen molar-refractivity contribution in [2.75, 3.05) is 32.4 Å². The number of sulfonamides is 1. The zero-order chi connectivity index (χ0) is 14.8. The molecular weight excluding hydrogens is 274 g/mol. The van der Waals surface area contributed by atoms with Gasteiger partial charge in [0.05, 0.1) is 5.75 Å². The second kappa shape index (κ2) is 6.73. The second-order valence-electron chi connectivity index (χ2n) is 6.48. The first kappa shape index (κ1) is 16.2. The van der Waals surface area contributed by atoms with E-state index in [1.54, 1.807) is 4.31 Å². The van der Waals surface area contributed by atoms with Crippen LogP contribution in [0.25, 0.3) is 0 Å². The van der Waals surface area contributed by atoms with Crippen LogP contribution in [0, 0.1) is 0 Å². The summed E-state index contributed by atoms with van der Waals surface area (Å²) in [5, 5.41) is 3.28. The monoisotopic (exact) mass is 303 g/mol. The Balaban J connectivity index is 1.86. The lowest BCUT2D eigenvalue weighted by Gasteiger charge is -2.25. The standard InChI is InChI=1S/C14H29N3O2S/c1-12(2)15-8-4-10-20(18,19)17-9-7-13-5-6-14(11-17)16(13)3/h12-15H,4-11H2,1-3H3. The van der Waals surface area contributed by atoms with Crippen LogP contribution >= 0.6 is 0 Å². The SMILES string of the molecule is CC(C)NCCCS(=O)(=O)N1CCC2CCC(C1)N2C. The van der Waals surface area contributed by atoms with Gasteiger partial charge in [-0.2, -0.15) is 0 Å². The van der Waals surface area contributed by atoms with Gasteiger partial charge in [0, 0.05) is 31.2 Å². The number of nitrogens with one attached hydrogen (secondary N) is 1. The molecule has 0 aromatic carbocycles. The topological polar surface area (TPSA) is 52.7 Å². The minimum atomic E-state index is -3.08. The molecule has 0 amide bonds. The Bertz CT molecular complexity index is 411. The lowest BCUT2D eigenvalue weighted by molar-refractivity contribution is 0.246. The Labute approximate surface area is 123 Å². The fourth-order valence-corrected chi connectivity index (χ4v) is 4.85. The molecule has 2 rings (SSSR count). The van der Waals surface area contributed by atoms with Crippen molar-refractivity contribution in [2.24, 2.45) is 0 Å². The maximum Gasteiger partial charge on any atom is 0.214 e. The van der Waals surface area contributed by atoms with Crippen LogP contribution in [0.4, 0.5) is 0 Å². The minimum absolute atomic E-state index is 0.272. The van der Waals surface area contributed by atoms with Gasteiger partial charge in [-0.1, -0.05) is 13.8 Å². The molecule has 2 aliphatic heterocycles. The number of nitrogens with zero attached hydrogens (tertiary/aromatic N) is 2. The number of rotatable bonds is 6. The summed E-state index contributed by atoms with van der Waals surface area (Å²) in [6, 6.07) is 1.43. The first-order valence-corrected chi connectivity index (χ1v) is 9.44. The molecule has 5 nitrogen and oxygen atoms in total. The van der Waals surface area contributed by atoms with E-state index in [0.29, 0.717) is 37.6 Å². The molecule has 2 fully saturated rings. The van der Waals surface area contributed by atoms with Crippen molar-refractivity contribution in [1.82, 2.24) is 14.5 Å². The van der Waals surface area contributed by atoms with E-state index in [0.717, 1.165) is 19.4 Å². The van der Waals surface area contributed by atoms with Gasteiger partial charge in [0.2, 0.25) is 10.0 Å². The Hall–Kier alpha value is -0.170. The van der Waals surface area contributed by atoms with Gasteiger partial charge in [-0.25, -0.2) is 12.7 Å². The van der Waals surface area contributed by atoms with Gasteiger partial charge in [-0.15, -0.1) is 0 Å². The average molecular weight is 303 g/mol. The van der Waals surface area contributed by atoms with Crippen LogP contribution in [-0.2, 0) is 10.0 Å². The lowest BCUT2D eigenvalue weighted by Crippen LogP contribution is -2.41. The molecule has 118 valence electrons. The maximum atomic E-state index is 12.4. The van der Waals surface area contributed by atoms with E-state index < -0.39 is 10.0 Å². The Morgan fingerprint density at radius 1 is 1.20 bits per heavy atom. The van der Waals surface area contributed by atoms with Crippen LogP contribution in [0.3, 0.4) is 0 Å². The fraction of sp³-hybridized carbons (Fsp3) is 1.00. The Morgan fingerprint density at radius 2 is 1.90 bits per heavy atom.